The SMILES string of the molecule is CC1CCC(NC(=O)c2cc3c(F)ccnc3[nH]2)CC1. The molecule has 3 rings (SSSR count). The van der Waals surface area contributed by atoms with Crippen LogP contribution in [0.25, 0.3) is 11.0 Å². The smallest absolute Gasteiger partial charge is 0.267 e. The molecule has 2 aromatic rings. The summed E-state index contributed by atoms with van der Waals surface area (Å²) in [6, 6.07) is 3.04. The monoisotopic (exact) mass is 275 g/mol. The molecule has 2 heterocycles. The molecular formula is C15H18FN3O. The van der Waals surface area contributed by atoms with Crippen LogP contribution in [0.5, 0.6) is 0 Å². The van der Waals surface area contributed by atoms with E-state index in [-0.39, 0.29) is 17.8 Å². The maximum Gasteiger partial charge on any atom is 0.267 e. The van der Waals surface area contributed by atoms with Gasteiger partial charge in [-0.2, -0.15) is 0 Å². The number of rotatable bonds is 2. The molecule has 1 saturated carbocycles. The molecule has 2 N–H and O–H groups in total. The van der Waals surface area contributed by atoms with Gasteiger partial charge < -0.3 is 10.3 Å². The van der Waals surface area contributed by atoms with Crippen molar-refractivity contribution in [3.05, 3.63) is 29.8 Å². The summed E-state index contributed by atoms with van der Waals surface area (Å²) in [5, 5.41) is 3.37. The summed E-state index contributed by atoms with van der Waals surface area (Å²) in [6.45, 7) is 2.24. The zero-order valence-electron chi connectivity index (χ0n) is 11.4. The average molecular weight is 275 g/mol. The van der Waals surface area contributed by atoms with Gasteiger partial charge in [-0.1, -0.05) is 6.92 Å². The fraction of sp³-hybridized carbons (Fsp3) is 0.467. The minimum absolute atomic E-state index is 0.179. The van der Waals surface area contributed by atoms with E-state index in [0.717, 1.165) is 31.6 Å². The molecule has 0 bridgehead atoms. The van der Waals surface area contributed by atoms with Gasteiger partial charge in [0.05, 0.1) is 5.39 Å². The molecule has 0 aromatic carbocycles. The summed E-state index contributed by atoms with van der Waals surface area (Å²) in [7, 11) is 0. The molecule has 106 valence electrons. The van der Waals surface area contributed by atoms with Crippen LogP contribution in [0.15, 0.2) is 18.3 Å². The lowest BCUT2D eigenvalue weighted by Crippen LogP contribution is -2.37. The van der Waals surface area contributed by atoms with Crippen LogP contribution in [0.1, 0.15) is 43.1 Å². The fourth-order valence-corrected chi connectivity index (χ4v) is 2.78. The van der Waals surface area contributed by atoms with E-state index >= 15 is 0 Å². The number of nitrogens with zero attached hydrogens (tertiary/aromatic N) is 1. The van der Waals surface area contributed by atoms with Gasteiger partial charge in [-0.15, -0.1) is 0 Å². The molecule has 0 radical (unpaired) electrons. The topological polar surface area (TPSA) is 57.8 Å². The highest BCUT2D eigenvalue weighted by Crippen LogP contribution is 2.24. The summed E-state index contributed by atoms with van der Waals surface area (Å²) in [6.07, 6.45) is 5.71. The van der Waals surface area contributed by atoms with Crippen molar-refractivity contribution in [3.63, 3.8) is 0 Å². The predicted octanol–water partition coefficient (Wildman–Crippen LogP) is 3.01. The number of carbonyl (C=O) groups excluding carboxylic acids is 1. The molecule has 1 amide bonds. The fourth-order valence-electron chi connectivity index (χ4n) is 2.78. The van der Waals surface area contributed by atoms with Crippen molar-refractivity contribution in [2.45, 2.75) is 38.6 Å². The zero-order chi connectivity index (χ0) is 14.1. The Balaban J connectivity index is 1.74. The molecule has 0 spiro atoms. The molecule has 0 saturated heterocycles. The Morgan fingerprint density at radius 1 is 1.40 bits per heavy atom. The Bertz CT molecular complexity index is 629. The Kier molecular flexibility index (Phi) is 3.42. The van der Waals surface area contributed by atoms with Crippen molar-refractivity contribution in [1.29, 1.82) is 0 Å². The highest BCUT2D eigenvalue weighted by atomic mass is 19.1. The van der Waals surface area contributed by atoms with Crippen LogP contribution in [0, 0.1) is 11.7 Å². The molecule has 1 aliphatic carbocycles. The Morgan fingerprint density at radius 3 is 2.85 bits per heavy atom. The number of carbonyl (C=O) groups is 1. The maximum atomic E-state index is 13.6. The Hall–Kier alpha value is -1.91. The molecule has 1 aliphatic rings. The first kappa shape index (κ1) is 13.1. The van der Waals surface area contributed by atoms with Gasteiger partial charge in [0.2, 0.25) is 0 Å². The number of aromatic nitrogens is 2. The van der Waals surface area contributed by atoms with Gasteiger partial charge in [0.1, 0.15) is 17.2 Å². The van der Waals surface area contributed by atoms with Crippen molar-refractivity contribution < 1.29 is 9.18 Å². The van der Waals surface area contributed by atoms with Crippen LogP contribution in [0.2, 0.25) is 0 Å². The van der Waals surface area contributed by atoms with E-state index in [2.05, 4.69) is 22.2 Å². The second kappa shape index (κ2) is 5.23. The van der Waals surface area contributed by atoms with E-state index < -0.39 is 0 Å². The second-order valence-corrected chi connectivity index (χ2v) is 5.67. The number of H-pyrrole nitrogens is 1. The molecule has 0 atom stereocenters. The first-order valence-electron chi connectivity index (χ1n) is 7.07. The van der Waals surface area contributed by atoms with Crippen LogP contribution in [-0.4, -0.2) is 21.9 Å². The van der Waals surface area contributed by atoms with Gasteiger partial charge in [-0.05, 0) is 43.7 Å². The lowest BCUT2D eigenvalue weighted by atomic mass is 9.87. The lowest BCUT2D eigenvalue weighted by Gasteiger charge is -2.26. The quantitative estimate of drug-likeness (QED) is 0.885. The van der Waals surface area contributed by atoms with Gasteiger partial charge in [-0.25, -0.2) is 9.37 Å². The number of pyridine rings is 1. The highest BCUT2D eigenvalue weighted by Gasteiger charge is 2.21. The molecule has 1 fully saturated rings. The van der Waals surface area contributed by atoms with Gasteiger partial charge in [0, 0.05) is 12.2 Å². The molecule has 4 nitrogen and oxygen atoms in total. The average Bonchev–Trinajstić information content (AvgIpc) is 2.87. The molecule has 5 heteroatoms. The molecule has 2 aromatic heterocycles. The number of hydrogen-bond donors (Lipinski definition) is 2. The van der Waals surface area contributed by atoms with E-state index in [1.807, 2.05) is 0 Å². The van der Waals surface area contributed by atoms with Gasteiger partial charge >= 0.3 is 0 Å². The minimum atomic E-state index is -0.364. The zero-order valence-corrected chi connectivity index (χ0v) is 11.4. The normalized spacial score (nSPS) is 22.9. The summed E-state index contributed by atoms with van der Waals surface area (Å²) < 4.78 is 13.6. The van der Waals surface area contributed by atoms with E-state index in [4.69, 9.17) is 0 Å². The molecule has 0 unspecified atom stereocenters. The largest absolute Gasteiger partial charge is 0.348 e. The summed E-state index contributed by atoms with van der Waals surface area (Å²) in [5.74, 6) is 0.202. The Morgan fingerprint density at radius 2 is 2.15 bits per heavy atom. The van der Waals surface area contributed by atoms with Gasteiger partial charge in [-0.3, -0.25) is 4.79 Å². The van der Waals surface area contributed by atoms with E-state index in [9.17, 15) is 9.18 Å². The number of aromatic amines is 1. The van der Waals surface area contributed by atoms with E-state index in [1.165, 1.54) is 18.3 Å². The van der Waals surface area contributed by atoms with Gasteiger partial charge in [0.15, 0.2) is 0 Å². The third-order valence-electron chi connectivity index (χ3n) is 4.07. The number of amides is 1. The van der Waals surface area contributed by atoms with Crippen LogP contribution in [-0.2, 0) is 0 Å². The standard InChI is InChI=1S/C15H18FN3O/c1-9-2-4-10(5-3-9)18-15(20)13-8-11-12(16)6-7-17-14(11)19-13/h6-10H,2-5H2,1H3,(H,17,19)(H,18,20). The highest BCUT2D eigenvalue weighted by molar-refractivity contribution is 5.97. The summed E-state index contributed by atoms with van der Waals surface area (Å²) in [4.78, 5) is 19.1. The Labute approximate surface area is 116 Å². The van der Waals surface area contributed by atoms with Crippen LogP contribution >= 0.6 is 0 Å². The van der Waals surface area contributed by atoms with Crippen molar-refractivity contribution in [3.8, 4) is 0 Å². The number of halogens is 1. The lowest BCUT2D eigenvalue weighted by molar-refractivity contribution is 0.0918. The molecule has 0 aliphatic heterocycles. The van der Waals surface area contributed by atoms with Gasteiger partial charge in [0.25, 0.3) is 5.91 Å². The molecule has 20 heavy (non-hydrogen) atoms. The number of hydrogen-bond acceptors (Lipinski definition) is 2. The second-order valence-electron chi connectivity index (χ2n) is 5.67. The summed E-state index contributed by atoms with van der Waals surface area (Å²) in [5.41, 5.74) is 0.781. The minimum Gasteiger partial charge on any atom is -0.348 e. The third-order valence-corrected chi connectivity index (χ3v) is 4.07. The van der Waals surface area contributed by atoms with E-state index in [1.54, 1.807) is 0 Å². The first-order chi connectivity index (χ1) is 9.63. The van der Waals surface area contributed by atoms with Crippen molar-refractivity contribution in [1.82, 2.24) is 15.3 Å². The number of nitrogens with one attached hydrogen (secondary N) is 2. The maximum absolute atomic E-state index is 13.6. The van der Waals surface area contributed by atoms with Crippen LogP contribution < -0.4 is 5.32 Å². The summed E-state index contributed by atoms with van der Waals surface area (Å²) >= 11 is 0. The third kappa shape index (κ3) is 2.53. The van der Waals surface area contributed by atoms with Crippen molar-refractivity contribution >= 4 is 16.9 Å². The molecular weight excluding hydrogens is 257 g/mol. The predicted molar refractivity (Wildman–Crippen MR) is 74.9 cm³/mol. The van der Waals surface area contributed by atoms with Crippen LogP contribution in [0.4, 0.5) is 4.39 Å². The number of fused-ring (bicyclic) bond motifs is 1. The van der Waals surface area contributed by atoms with Crippen LogP contribution in [0.3, 0.4) is 0 Å². The first-order valence-corrected chi connectivity index (χ1v) is 7.07. The van der Waals surface area contributed by atoms with E-state index in [0.29, 0.717) is 16.7 Å². The van der Waals surface area contributed by atoms with Crippen molar-refractivity contribution in [2.75, 3.05) is 0 Å². The van der Waals surface area contributed by atoms with Crippen molar-refractivity contribution in [2.24, 2.45) is 5.92 Å².